The van der Waals surface area contributed by atoms with E-state index in [4.69, 9.17) is 4.42 Å². The van der Waals surface area contributed by atoms with Gasteiger partial charge in [0.2, 0.25) is 0 Å². The van der Waals surface area contributed by atoms with Gasteiger partial charge in [-0.15, -0.1) is 0 Å². The summed E-state index contributed by atoms with van der Waals surface area (Å²) in [5.74, 6) is 0.0639. The van der Waals surface area contributed by atoms with E-state index in [0.29, 0.717) is 23.2 Å². The molecule has 0 aliphatic rings. The Labute approximate surface area is 99.4 Å². The van der Waals surface area contributed by atoms with Crippen molar-refractivity contribution in [3.8, 4) is 0 Å². The molecule has 0 aliphatic carbocycles. The molecule has 0 aliphatic heterocycles. The van der Waals surface area contributed by atoms with Crippen LogP contribution in [0.15, 0.2) is 22.6 Å². The molecule has 2 rings (SSSR count). The van der Waals surface area contributed by atoms with Gasteiger partial charge in [0, 0.05) is 17.4 Å². The van der Waals surface area contributed by atoms with Crippen molar-refractivity contribution in [1.82, 2.24) is 0 Å². The fourth-order valence-electron chi connectivity index (χ4n) is 1.91. The fraction of sp³-hybridized carbons (Fsp3) is 0.357. The Balaban J connectivity index is 2.42. The lowest BCUT2D eigenvalue weighted by Crippen LogP contribution is -1.98. The number of hydrogen-bond donors (Lipinski definition) is 0. The van der Waals surface area contributed by atoms with Crippen LogP contribution in [0.25, 0.3) is 11.0 Å². The van der Waals surface area contributed by atoms with E-state index in [9.17, 15) is 9.18 Å². The molecule has 0 radical (unpaired) electrons. The fourth-order valence-corrected chi connectivity index (χ4v) is 1.91. The Morgan fingerprint density at radius 2 is 2.18 bits per heavy atom. The molecule has 1 heterocycles. The van der Waals surface area contributed by atoms with E-state index in [2.05, 4.69) is 0 Å². The lowest BCUT2D eigenvalue weighted by molar-refractivity contribution is 0.0954. The molecule has 2 aromatic rings. The number of carbonyl (C=O) groups excluding carboxylic acids is 1. The molecule has 0 spiro atoms. The number of rotatable bonds is 4. The Bertz CT molecular complexity index is 555. The molecule has 1 aromatic carbocycles. The van der Waals surface area contributed by atoms with Crippen molar-refractivity contribution in [1.29, 1.82) is 0 Å². The van der Waals surface area contributed by atoms with Crippen LogP contribution in [0.4, 0.5) is 4.39 Å². The summed E-state index contributed by atoms with van der Waals surface area (Å²) in [7, 11) is 0. The zero-order chi connectivity index (χ0) is 12.4. The zero-order valence-electron chi connectivity index (χ0n) is 10.0. The van der Waals surface area contributed by atoms with E-state index in [1.807, 2.05) is 6.92 Å². The first-order chi connectivity index (χ1) is 8.13. The van der Waals surface area contributed by atoms with Gasteiger partial charge in [-0.2, -0.15) is 0 Å². The maximum absolute atomic E-state index is 13.1. The third-order valence-corrected chi connectivity index (χ3v) is 2.91. The number of aryl methyl sites for hydroxylation is 1. The van der Waals surface area contributed by atoms with E-state index in [1.54, 1.807) is 13.0 Å². The molecule has 17 heavy (non-hydrogen) atoms. The van der Waals surface area contributed by atoms with Crippen molar-refractivity contribution in [2.75, 3.05) is 0 Å². The molecule has 0 N–H and O–H groups in total. The van der Waals surface area contributed by atoms with Crippen molar-refractivity contribution >= 4 is 16.8 Å². The molecule has 0 amide bonds. The van der Waals surface area contributed by atoms with Gasteiger partial charge in [-0.05, 0) is 31.5 Å². The molecule has 2 nitrogen and oxygen atoms in total. The summed E-state index contributed by atoms with van der Waals surface area (Å²) in [4.78, 5) is 11.9. The van der Waals surface area contributed by atoms with Crippen LogP contribution in [-0.4, -0.2) is 5.78 Å². The maximum Gasteiger partial charge on any atom is 0.198 e. The van der Waals surface area contributed by atoms with Crippen molar-refractivity contribution in [2.45, 2.75) is 33.1 Å². The zero-order valence-corrected chi connectivity index (χ0v) is 10.0. The summed E-state index contributed by atoms with van der Waals surface area (Å²) in [6.07, 6.45) is 2.31. The normalized spacial score (nSPS) is 11.0. The molecule has 3 heteroatoms. The average molecular weight is 234 g/mol. The first-order valence-corrected chi connectivity index (χ1v) is 5.85. The molecule has 0 bridgehead atoms. The van der Waals surface area contributed by atoms with Crippen LogP contribution in [0.1, 0.15) is 42.3 Å². The summed E-state index contributed by atoms with van der Waals surface area (Å²) in [5, 5.41) is 0.685. The van der Waals surface area contributed by atoms with Crippen LogP contribution in [0.3, 0.4) is 0 Å². The highest BCUT2D eigenvalue weighted by Gasteiger charge is 2.17. The van der Waals surface area contributed by atoms with E-state index < -0.39 is 0 Å². The maximum atomic E-state index is 13.1. The standard InChI is InChI=1S/C14H15FO2/c1-3-4-5-12(16)14-9(2)11-8-10(15)6-7-13(11)17-14/h6-8H,3-5H2,1-2H3. The van der Waals surface area contributed by atoms with Gasteiger partial charge in [0.1, 0.15) is 11.4 Å². The van der Waals surface area contributed by atoms with Gasteiger partial charge in [-0.1, -0.05) is 13.3 Å². The Morgan fingerprint density at radius 3 is 2.88 bits per heavy atom. The Morgan fingerprint density at radius 1 is 1.41 bits per heavy atom. The summed E-state index contributed by atoms with van der Waals surface area (Å²) in [6, 6.07) is 4.31. The first-order valence-electron chi connectivity index (χ1n) is 5.85. The molecular weight excluding hydrogens is 219 g/mol. The van der Waals surface area contributed by atoms with Gasteiger partial charge in [0.15, 0.2) is 11.5 Å². The molecule has 0 atom stereocenters. The number of hydrogen-bond acceptors (Lipinski definition) is 2. The molecule has 90 valence electrons. The quantitative estimate of drug-likeness (QED) is 0.740. The third-order valence-electron chi connectivity index (χ3n) is 2.91. The summed E-state index contributed by atoms with van der Waals surface area (Å²) >= 11 is 0. The smallest absolute Gasteiger partial charge is 0.198 e. The van der Waals surface area contributed by atoms with Crippen molar-refractivity contribution < 1.29 is 13.6 Å². The number of benzene rings is 1. The van der Waals surface area contributed by atoms with E-state index in [1.165, 1.54) is 12.1 Å². The summed E-state index contributed by atoms with van der Waals surface area (Å²) in [5.41, 5.74) is 1.31. The molecule has 0 saturated heterocycles. The topological polar surface area (TPSA) is 30.2 Å². The number of Topliss-reactive ketones (excluding diaryl/α,β-unsaturated/α-hetero) is 1. The number of halogens is 1. The number of ketones is 1. The predicted octanol–water partition coefficient (Wildman–Crippen LogP) is 4.25. The van der Waals surface area contributed by atoms with Crippen LogP contribution < -0.4 is 0 Å². The number of furan rings is 1. The molecule has 0 unspecified atom stereocenters. The summed E-state index contributed by atoms with van der Waals surface area (Å²) in [6.45, 7) is 3.83. The van der Waals surface area contributed by atoms with Crippen LogP contribution in [0.5, 0.6) is 0 Å². The highest BCUT2D eigenvalue weighted by molar-refractivity contribution is 6.00. The Kier molecular flexibility index (Phi) is 3.27. The van der Waals surface area contributed by atoms with Crippen molar-refractivity contribution in [3.63, 3.8) is 0 Å². The molecule has 0 fully saturated rings. The monoisotopic (exact) mass is 234 g/mol. The van der Waals surface area contributed by atoms with Gasteiger partial charge in [0.25, 0.3) is 0 Å². The molecule has 1 aromatic heterocycles. The van der Waals surface area contributed by atoms with Crippen LogP contribution >= 0.6 is 0 Å². The minimum absolute atomic E-state index is 0.000887. The van der Waals surface area contributed by atoms with Crippen LogP contribution in [0.2, 0.25) is 0 Å². The minimum Gasteiger partial charge on any atom is -0.453 e. The lowest BCUT2D eigenvalue weighted by atomic mass is 10.1. The predicted molar refractivity (Wildman–Crippen MR) is 64.8 cm³/mol. The second kappa shape index (κ2) is 4.70. The number of unbranched alkanes of at least 4 members (excludes halogenated alkanes) is 1. The van der Waals surface area contributed by atoms with Gasteiger partial charge in [-0.3, -0.25) is 4.79 Å². The van der Waals surface area contributed by atoms with Crippen molar-refractivity contribution in [2.24, 2.45) is 0 Å². The van der Waals surface area contributed by atoms with E-state index in [0.717, 1.165) is 18.4 Å². The van der Waals surface area contributed by atoms with Gasteiger partial charge in [-0.25, -0.2) is 4.39 Å². The average Bonchev–Trinajstić information content (AvgIpc) is 2.64. The highest BCUT2D eigenvalue weighted by Crippen LogP contribution is 2.27. The first kappa shape index (κ1) is 11.8. The number of fused-ring (bicyclic) bond motifs is 1. The highest BCUT2D eigenvalue weighted by atomic mass is 19.1. The van der Waals surface area contributed by atoms with Gasteiger partial charge in [0.05, 0.1) is 0 Å². The van der Waals surface area contributed by atoms with E-state index in [-0.39, 0.29) is 11.6 Å². The second-order valence-corrected chi connectivity index (χ2v) is 4.22. The minimum atomic E-state index is -0.311. The second-order valence-electron chi connectivity index (χ2n) is 4.22. The van der Waals surface area contributed by atoms with Crippen LogP contribution in [-0.2, 0) is 0 Å². The largest absolute Gasteiger partial charge is 0.453 e. The Hall–Kier alpha value is -1.64. The van der Waals surface area contributed by atoms with Crippen molar-refractivity contribution in [3.05, 3.63) is 35.3 Å². The number of carbonyl (C=O) groups is 1. The molecular formula is C14H15FO2. The SMILES string of the molecule is CCCCC(=O)c1oc2ccc(F)cc2c1C. The van der Waals surface area contributed by atoms with Crippen LogP contribution in [0, 0.1) is 12.7 Å². The lowest BCUT2D eigenvalue weighted by Gasteiger charge is -1.96. The third kappa shape index (κ3) is 2.23. The van der Waals surface area contributed by atoms with Gasteiger partial charge >= 0.3 is 0 Å². The summed E-state index contributed by atoms with van der Waals surface area (Å²) < 4.78 is 18.6. The van der Waals surface area contributed by atoms with E-state index >= 15 is 0 Å². The molecule has 0 saturated carbocycles. The van der Waals surface area contributed by atoms with Gasteiger partial charge < -0.3 is 4.42 Å².